The molecule has 18 heavy (non-hydrogen) atoms. The minimum Gasteiger partial charge on any atom is -0.484 e. The summed E-state index contributed by atoms with van der Waals surface area (Å²) in [4.78, 5) is 0. The molecule has 0 spiro atoms. The van der Waals surface area contributed by atoms with Crippen molar-refractivity contribution in [1.82, 2.24) is 19.6 Å². The molecule has 0 aliphatic heterocycles. The molecule has 0 unspecified atom stereocenters. The summed E-state index contributed by atoms with van der Waals surface area (Å²) in [6, 6.07) is 0. The van der Waals surface area contributed by atoms with E-state index in [0.717, 1.165) is 30.2 Å². The topological polar surface area (TPSA) is 44.9 Å². The van der Waals surface area contributed by atoms with Crippen LogP contribution in [0.3, 0.4) is 0 Å². The van der Waals surface area contributed by atoms with Crippen LogP contribution in [0, 0.1) is 6.92 Å². The minimum atomic E-state index is 0.406. The van der Waals surface area contributed by atoms with Gasteiger partial charge in [0.1, 0.15) is 6.61 Å². The van der Waals surface area contributed by atoms with E-state index in [1.807, 2.05) is 36.3 Å². The third-order valence-corrected chi connectivity index (χ3v) is 3.25. The summed E-state index contributed by atoms with van der Waals surface area (Å²) >= 11 is 6.21. The number of halogens is 1. The lowest BCUT2D eigenvalue weighted by Gasteiger charge is -2.06. The molecule has 0 saturated heterocycles. The second kappa shape index (κ2) is 5.44. The predicted octanol–water partition coefficient (Wildman–Crippen LogP) is 2.66. The molecule has 0 fully saturated rings. The zero-order valence-corrected chi connectivity index (χ0v) is 11.6. The summed E-state index contributed by atoms with van der Waals surface area (Å²) in [5, 5.41) is 9.18. The Morgan fingerprint density at radius 1 is 1.33 bits per heavy atom. The minimum absolute atomic E-state index is 0.406. The van der Waals surface area contributed by atoms with E-state index in [1.54, 1.807) is 6.20 Å². The lowest BCUT2D eigenvalue weighted by molar-refractivity contribution is 0.292. The monoisotopic (exact) mass is 268 g/mol. The van der Waals surface area contributed by atoms with Crippen LogP contribution < -0.4 is 4.74 Å². The highest BCUT2D eigenvalue weighted by molar-refractivity contribution is 6.31. The second-order valence-electron chi connectivity index (χ2n) is 3.98. The van der Waals surface area contributed by atoms with Gasteiger partial charge in [-0.3, -0.25) is 9.36 Å². The van der Waals surface area contributed by atoms with Crippen LogP contribution in [0.1, 0.15) is 25.2 Å². The van der Waals surface area contributed by atoms with E-state index in [1.165, 1.54) is 0 Å². The molecule has 0 aliphatic rings. The first kappa shape index (κ1) is 13.0. The molecule has 0 N–H and O–H groups in total. The molecule has 0 amide bonds. The molecule has 5 nitrogen and oxygen atoms in total. The quantitative estimate of drug-likeness (QED) is 0.837. The van der Waals surface area contributed by atoms with Crippen LogP contribution in [0.25, 0.3) is 0 Å². The highest BCUT2D eigenvalue weighted by atomic mass is 35.5. The molecule has 0 aromatic carbocycles. The van der Waals surface area contributed by atoms with Crippen molar-refractivity contribution in [1.29, 1.82) is 0 Å². The first-order valence-electron chi connectivity index (χ1n) is 6.02. The highest BCUT2D eigenvalue weighted by Gasteiger charge is 2.13. The van der Waals surface area contributed by atoms with Crippen molar-refractivity contribution in [2.45, 2.75) is 40.5 Å². The summed E-state index contributed by atoms with van der Waals surface area (Å²) in [6.07, 6.45) is 3.57. The van der Waals surface area contributed by atoms with Gasteiger partial charge < -0.3 is 4.74 Å². The predicted molar refractivity (Wildman–Crippen MR) is 69.9 cm³/mol. The Kier molecular flexibility index (Phi) is 3.91. The van der Waals surface area contributed by atoms with Gasteiger partial charge in [0.05, 0.1) is 28.8 Å². The number of hydrogen-bond donors (Lipinski definition) is 0. The Labute approximate surface area is 111 Å². The highest BCUT2D eigenvalue weighted by Crippen LogP contribution is 2.22. The smallest absolute Gasteiger partial charge is 0.157 e. The van der Waals surface area contributed by atoms with Crippen molar-refractivity contribution in [3.8, 4) is 5.75 Å². The summed E-state index contributed by atoms with van der Waals surface area (Å²) < 4.78 is 9.36. The van der Waals surface area contributed by atoms with Crippen molar-refractivity contribution in [3.63, 3.8) is 0 Å². The Hall–Kier alpha value is -1.49. The van der Waals surface area contributed by atoms with Gasteiger partial charge in [-0.15, -0.1) is 0 Å². The SMILES string of the molecule is CCn1cc(OCc2c(Cl)c(C)nn2CC)cn1. The standard InChI is InChI=1S/C12H17ClN4O/c1-4-16-7-10(6-14-16)18-8-11-12(13)9(3)15-17(11)5-2/h6-7H,4-5,8H2,1-3H3. The Morgan fingerprint density at radius 2 is 2.11 bits per heavy atom. The normalized spacial score (nSPS) is 10.9. The molecule has 0 atom stereocenters. The number of hydrogen-bond acceptors (Lipinski definition) is 3. The van der Waals surface area contributed by atoms with E-state index in [0.29, 0.717) is 11.6 Å². The van der Waals surface area contributed by atoms with Gasteiger partial charge in [0.2, 0.25) is 0 Å². The maximum absolute atomic E-state index is 6.21. The maximum Gasteiger partial charge on any atom is 0.157 e. The van der Waals surface area contributed by atoms with Gasteiger partial charge in [0.15, 0.2) is 5.75 Å². The lowest BCUT2D eigenvalue weighted by Crippen LogP contribution is -2.06. The molecule has 0 saturated carbocycles. The number of nitrogens with zero attached hydrogens (tertiary/aromatic N) is 4. The van der Waals surface area contributed by atoms with Crippen LogP contribution in [0.15, 0.2) is 12.4 Å². The number of aryl methyl sites for hydroxylation is 3. The molecular weight excluding hydrogens is 252 g/mol. The summed E-state index contributed by atoms with van der Waals surface area (Å²) in [6.45, 7) is 7.97. The second-order valence-corrected chi connectivity index (χ2v) is 4.36. The van der Waals surface area contributed by atoms with Crippen molar-refractivity contribution in [2.75, 3.05) is 0 Å². The van der Waals surface area contributed by atoms with Crippen molar-refractivity contribution >= 4 is 11.6 Å². The maximum atomic E-state index is 6.21. The van der Waals surface area contributed by atoms with E-state index in [4.69, 9.17) is 16.3 Å². The van der Waals surface area contributed by atoms with Crippen molar-refractivity contribution in [2.24, 2.45) is 0 Å². The van der Waals surface area contributed by atoms with Gasteiger partial charge in [0.25, 0.3) is 0 Å². The van der Waals surface area contributed by atoms with Crippen LogP contribution in [0.4, 0.5) is 0 Å². The van der Waals surface area contributed by atoms with Gasteiger partial charge in [-0.25, -0.2) is 0 Å². The third-order valence-electron chi connectivity index (χ3n) is 2.76. The van der Waals surface area contributed by atoms with E-state index in [9.17, 15) is 0 Å². The molecule has 2 aromatic rings. The summed E-state index contributed by atoms with van der Waals surface area (Å²) in [5.41, 5.74) is 1.74. The van der Waals surface area contributed by atoms with Gasteiger partial charge in [-0.05, 0) is 20.8 Å². The number of aromatic nitrogens is 4. The van der Waals surface area contributed by atoms with Crippen LogP contribution in [0.2, 0.25) is 5.02 Å². The average molecular weight is 269 g/mol. The zero-order chi connectivity index (χ0) is 13.1. The fraction of sp³-hybridized carbons (Fsp3) is 0.500. The van der Waals surface area contributed by atoms with Gasteiger partial charge in [-0.2, -0.15) is 10.2 Å². The molecule has 2 rings (SSSR count). The Morgan fingerprint density at radius 3 is 2.72 bits per heavy atom. The Bertz CT molecular complexity index is 532. The molecule has 98 valence electrons. The van der Waals surface area contributed by atoms with Crippen LogP contribution >= 0.6 is 11.6 Å². The van der Waals surface area contributed by atoms with E-state index in [2.05, 4.69) is 10.2 Å². The fourth-order valence-electron chi connectivity index (χ4n) is 1.75. The van der Waals surface area contributed by atoms with Gasteiger partial charge in [0, 0.05) is 13.1 Å². The first-order valence-corrected chi connectivity index (χ1v) is 6.40. The third kappa shape index (κ3) is 2.51. The zero-order valence-electron chi connectivity index (χ0n) is 10.9. The van der Waals surface area contributed by atoms with Crippen LogP contribution in [-0.2, 0) is 19.7 Å². The first-order chi connectivity index (χ1) is 8.65. The molecular formula is C12H17ClN4O. The van der Waals surface area contributed by atoms with Crippen LogP contribution in [0.5, 0.6) is 5.75 Å². The Balaban J connectivity index is 2.10. The number of ether oxygens (including phenoxy) is 1. The van der Waals surface area contributed by atoms with E-state index >= 15 is 0 Å². The van der Waals surface area contributed by atoms with E-state index in [-0.39, 0.29) is 0 Å². The van der Waals surface area contributed by atoms with Crippen molar-refractivity contribution in [3.05, 3.63) is 28.8 Å². The number of rotatable bonds is 5. The molecule has 6 heteroatoms. The molecule has 0 radical (unpaired) electrons. The lowest BCUT2D eigenvalue weighted by atomic mass is 10.4. The van der Waals surface area contributed by atoms with Gasteiger partial charge >= 0.3 is 0 Å². The fourth-order valence-corrected chi connectivity index (χ4v) is 1.94. The average Bonchev–Trinajstić information content (AvgIpc) is 2.94. The largest absolute Gasteiger partial charge is 0.484 e. The van der Waals surface area contributed by atoms with Crippen LogP contribution in [-0.4, -0.2) is 19.6 Å². The van der Waals surface area contributed by atoms with E-state index < -0.39 is 0 Å². The molecule has 2 heterocycles. The van der Waals surface area contributed by atoms with Gasteiger partial charge in [-0.1, -0.05) is 11.6 Å². The summed E-state index contributed by atoms with van der Waals surface area (Å²) in [5.74, 6) is 0.745. The molecule has 2 aromatic heterocycles. The molecule has 0 bridgehead atoms. The molecule has 0 aliphatic carbocycles. The van der Waals surface area contributed by atoms with Crippen molar-refractivity contribution < 1.29 is 4.74 Å². The summed E-state index contributed by atoms with van der Waals surface area (Å²) in [7, 11) is 0.